The molecule has 0 aliphatic rings. The quantitative estimate of drug-likeness (QED) is 0.684. The standard InChI is InChI=1S/C14H13BrCl2N2/c1-8(2)6-11-12(15)13(17)19-14(18-11)9-4-3-5-10(16)7-9/h3-5,7-8H,6H2,1-2H3. The molecular formula is C14H13BrCl2N2. The molecule has 0 unspecified atom stereocenters. The van der Waals surface area contributed by atoms with Gasteiger partial charge in [0.15, 0.2) is 5.82 Å². The molecule has 0 radical (unpaired) electrons. The van der Waals surface area contributed by atoms with E-state index in [2.05, 4.69) is 39.7 Å². The number of hydrogen-bond acceptors (Lipinski definition) is 2. The molecule has 0 saturated heterocycles. The average Bonchev–Trinajstić information content (AvgIpc) is 2.34. The van der Waals surface area contributed by atoms with Crippen LogP contribution in [0.3, 0.4) is 0 Å². The summed E-state index contributed by atoms with van der Waals surface area (Å²) in [5.74, 6) is 1.10. The van der Waals surface area contributed by atoms with Crippen molar-refractivity contribution in [3.8, 4) is 11.4 Å². The number of halogens is 3. The van der Waals surface area contributed by atoms with Crippen molar-refractivity contribution < 1.29 is 0 Å². The van der Waals surface area contributed by atoms with Crippen LogP contribution >= 0.6 is 39.1 Å². The summed E-state index contributed by atoms with van der Waals surface area (Å²) >= 11 is 15.6. The Bertz CT molecular complexity index is 600. The molecule has 0 N–H and O–H groups in total. The van der Waals surface area contributed by atoms with E-state index in [0.717, 1.165) is 22.2 Å². The zero-order valence-corrected chi connectivity index (χ0v) is 13.7. The fourth-order valence-electron chi connectivity index (χ4n) is 1.74. The van der Waals surface area contributed by atoms with E-state index in [0.29, 0.717) is 21.9 Å². The molecule has 19 heavy (non-hydrogen) atoms. The predicted octanol–water partition coefficient (Wildman–Crippen LogP) is 5.41. The Balaban J connectivity index is 2.50. The van der Waals surface area contributed by atoms with Crippen molar-refractivity contribution in [2.75, 3.05) is 0 Å². The Morgan fingerprint density at radius 3 is 2.58 bits per heavy atom. The lowest BCUT2D eigenvalue weighted by Crippen LogP contribution is -2.02. The van der Waals surface area contributed by atoms with Gasteiger partial charge in [-0.15, -0.1) is 0 Å². The van der Waals surface area contributed by atoms with Gasteiger partial charge in [-0.3, -0.25) is 0 Å². The Morgan fingerprint density at radius 2 is 1.95 bits per heavy atom. The SMILES string of the molecule is CC(C)Cc1nc(-c2cccc(Cl)c2)nc(Cl)c1Br. The van der Waals surface area contributed by atoms with Crippen molar-refractivity contribution in [2.24, 2.45) is 5.92 Å². The maximum Gasteiger partial charge on any atom is 0.161 e. The minimum atomic E-state index is 0.431. The summed E-state index contributed by atoms with van der Waals surface area (Å²) in [6.45, 7) is 4.28. The highest BCUT2D eigenvalue weighted by atomic mass is 79.9. The Kier molecular flexibility index (Phi) is 4.82. The van der Waals surface area contributed by atoms with Crippen molar-refractivity contribution >= 4 is 39.1 Å². The molecular weight excluding hydrogens is 347 g/mol. The summed E-state index contributed by atoms with van der Waals surface area (Å²) in [7, 11) is 0. The lowest BCUT2D eigenvalue weighted by Gasteiger charge is -2.10. The monoisotopic (exact) mass is 358 g/mol. The highest BCUT2D eigenvalue weighted by Crippen LogP contribution is 2.29. The predicted molar refractivity (Wildman–Crippen MR) is 83.7 cm³/mol. The van der Waals surface area contributed by atoms with Crippen LogP contribution < -0.4 is 0 Å². The Hall–Kier alpha value is -0.640. The van der Waals surface area contributed by atoms with Gasteiger partial charge in [0.05, 0.1) is 10.2 Å². The minimum absolute atomic E-state index is 0.431. The molecule has 0 aliphatic heterocycles. The molecule has 2 rings (SSSR count). The summed E-state index contributed by atoms with van der Waals surface area (Å²) in [5, 5.41) is 1.09. The molecule has 0 atom stereocenters. The van der Waals surface area contributed by atoms with Crippen LogP contribution in [0.15, 0.2) is 28.7 Å². The van der Waals surface area contributed by atoms with Gasteiger partial charge in [-0.25, -0.2) is 9.97 Å². The van der Waals surface area contributed by atoms with Gasteiger partial charge in [-0.2, -0.15) is 0 Å². The van der Waals surface area contributed by atoms with Gasteiger partial charge in [0, 0.05) is 10.6 Å². The highest BCUT2D eigenvalue weighted by molar-refractivity contribution is 9.10. The number of rotatable bonds is 3. The third-order valence-electron chi connectivity index (χ3n) is 2.56. The zero-order valence-electron chi connectivity index (χ0n) is 10.6. The van der Waals surface area contributed by atoms with E-state index >= 15 is 0 Å². The molecule has 2 aromatic rings. The van der Waals surface area contributed by atoms with Crippen molar-refractivity contribution in [2.45, 2.75) is 20.3 Å². The number of hydrogen-bond donors (Lipinski definition) is 0. The molecule has 0 amide bonds. The molecule has 1 aromatic heterocycles. The lowest BCUT2D eigenvalue weighted by atomic mass is 10.1. The first-order chi connectivity index (χ1) is 8.97. The third-order valence-corrected chi connectivity index (χ3v) is 4.13. The van der Waals surface area contributed by atoms with E-state index in [4.69, 9.17) is 23.2 Å². The zero-order chi connectivity index (χ0) is 14.0. The first-order valence-corrected chi connectivity index (χ1v) is 7.50. The second-order valence-electron chi connectivity index (χ2n) is 4.71. The number of aromatic nitrogens is 2. The molecule has 0 fully saturated rings. The molecule has 0 bridgehead atoms. The van der Waals surface area contributed by atoms with E-state index in [-0.39, 0.29) is 0 Å². The molecule has 0 spiro atoms. The normalized spacial score (nSPS) is 11.1. The van der Waals surface area contributed by atoms with Gasteiger partial charge < -0.3 is 0 Å². The van der Waals surface area contributed by atoms with Gasteiger partial charge in [-0.05, 0) is 40.4 Å². The molecule has 1 aromatic carbocycles. The van der Waals surface area contributed by atoms with Crippen molar-refractivity contribution in [1.29, 1.82) is 0 Å². The minimum Gasteiger partial charge on any atom is -0.232 e. The summed E-state index contributed by atoms with van der Waals surface area (Å²) in [4.78, 5) is 8.88. The van der Waals surface area contributed by atoms with Crippen LogP contribution in [0.5, 0.6) is 0 Å². The number of benzene rings is 1. The summed E-state index contributed by atoms with van der Waals surface area (Å²) < 4.78 is 0.772. The Morgan fingerprint density at radius 1 is 1.21 bits per heavy atom. The average molecular weight is 360 g/mol. The highest BCUT2D eigenvalue weighted by Gasteiger charge is 2.13. The molecule has 0 aliphatic carbocycles. The van der Waals surface area contributed by atoms with Gasteiger partial charge >= 0.3 is 0 Å². The second-order valence-corrected chi connectivity index (χ2v) is 6.29. The van der Waals surface area contributed by atoms with Crippen LogP contribution in [0.1, 0.15) is 19.5 Å². The van der Waals surface area contributed by atoms with Gasteiger partial charge in [-0.1, -0.05) is 49.2 Å². The molecule has 2 nitrogen and oxygen atoms in total. The molecule has 5 heteroatoms. The van der Waals surface area contributed by atoms with Crippen LogP contribution in [0.25, 0.3) is 11.4 Å². The summed E-state index contributed by atoms with van der Waals surface area (Å²) in [5.41, 5.74) is 1.79. The molecule has 1 heterocycles. The van der Waals surface area contributed by atoms with E-state index in [1.807, 2.05) is 24.3 Å². The summed E-state index contributed by atoms with van der Waals surface area (Å²) in [6, 6.07) is 7.45. The smallest absolute Gasteiger partial charge is 0.161 e. The van der Waals surface area contributed by atoms with Crippen LogP contribution in [-0.4, -0.2) is 9.97 Å². The van der Waals surface area contributed by atoms with Crippen LogP contribution in [0, 0.1) is 5.92 Å². The first kappa shape index (κ1) is 14.8. The van der Waals surface area contributed by atoms with Gasteiger partial charge in [0.2, 0.25) is 0 Å². The van der Waals surface area contributed by atoms with E-state index < -0.39 is 0 Å². The maximum atomic E-state index is 6.16. The summed E-state index contributed by atoms with van der Waals surface area (Å²) in [6.07, 6.45) is 0.844. The van der Waals surface area contributed by atoms with Crippen molar-refractivity contribution in [3.05, 3.63) is 44.6 Å². The van der Waals surface area contributed by atoms with Crippen molar-refractivity contribution in [3.63, 3.8) is 0 Å². The van der Waals surface area contributed by atoms with Crippen LogP contribution in [0.4, 0.5) is 0 Å². The van der Waals surface area contributed by atoms with Crippen LogP contribution in [-0.2, 0) is 6.42 Å². The maximum absolute atomic E-state index is 6.16. The number of nitrogens with zero attached hydrogens (tertiary/aromatic N) is 2. The fraction of sp³-hybridized carbons (Fsp3) is 0.286. The third kappa shape index (κ3) is 3.68. The lowest BCUT2D eigenvalue weighted by molar-refractivity contribution is 0.632. The van der Waals surface area contributed by atoms with Crippen LogP contribution in [0.2, 0.25) is 10.2 Å². The topological polar surface area (TPSA) is 25.8 Å². The molecule has 100 valence electrons. The van der Waals surface area contributed by atoms with Gasteiger partial charge in [0.25, 0.3) is 0 Å². The second kappa shape index (κ2) is 6.21. The van der Waals surface area contributed by atoms with Gasteiger partial charge in [0.1, 0.15) is 5.15 Å². The van der Waals surface area contributed by atoms with Crippen molar-refractivity contribution in [1.82, 2.24) is 9.97 Å². The molecule has 0 saturated carbocycles. The van der Waals surface area contributed by atoms with E-state index in [9.17, 15) is 0 Å². The Labute approximate surface area is 131 Å². The fourth-order valence-corrected chi connectivity index (χ4v) is 2.46. The first-order valence-electron chi connectivity index (χ1n) is 5.95. The largest absolute Gasteiger partial charge is 0.232 e. The van der Waals surface area contributed by atoms with E-state index in [1.54, 1.807) is 0 Å². The van der Waals surface area contributed by atoms with E-state index in [1.165, 1.54) is 0 Å².